The fraction of sp³-hybridized carbons (Fsp3) is 0. The van der Waals surface area contributed by atoms with E-state index in [-0.39, 0.29) is 5.75 Å². The first-order valence-corrected chi connectivity index (χ1v) is 4.92. The minimum atomic E-state index is 0.156. The Morgan fingerprint density at radius 2 is 2.42 bits per heavy atom. The predicted octanol–water partition coefficient (Wildman–Crippen LogP) is 2.40. The first kappa shape index (κ1) is 7.82. The van der Waals surface area contributed by atoms with E-state index in [1.54, 1.807) is 16.0 Å². The van der Waals surface area contributed by atoms with Crippen LogP contribution in [-0.4, -0.2) is 14.9 Å². The SMILES string of the molecule is Oc1cnn(-c2cccs2)c1Br. The second-order valence-corrected chi connectivity index (χ2v) is 3.86. The summed E-state index contributed by atoms with van der Waals surface area (Å²) in [4.78, 5) is 0. The van der Waals surface area contributed by atoms with Gasteiger partial charge in [0.2, 0.25) is 0 Å². The smallest absolute Gasteiger partial charge is 0.168 e. The third kappa shape index (κ3) is 1.15. The number of aromatic hydroxyl groups is 1. The van der Waals surface area contributed by atoms with Gasteiger partial charge in [0.15, 0.2) is 10.4 Å². The number of halogens is 1. The zero-order valence-electron chi connectivity index (χ0n) is 5.94. The Hall–Kier alpha value is -0.810. The molecular formula is C7H5BrN2OS. The average Bonchev–Trinajstić information content (AvgIpc) is 2.64. The number of hydrogen-bond acceptors (Lipinski definition) is 3. The summed E-state index contributed by atoms with van der Waals surface area (Å²) in [6.07, 6.45) is 1.41. The van der Waals surface area contributed by atoms with Gasteiger partial charge in [0, 0.05) is 0 Å². The van der Waals surface area contributed by atoms with Crippen molar-refractivity contribution in [3.8, 4) is 10.8 Å². The lowest BCUT2D eigenvalue weighted by atomic mass is 10.6. The lowest BCUT2D eigenvalue weighted by Gasteiger charge is -1.96. The summed E-state index contributed by atoms with van der Waals surface area (Å²) in [6.45, 7) is 0. The van der Waals surface area contributed by atoms with E-state index in [1.165, 1.54) is 6.20 Å². The number of thiophene rings is 1. The molecule has 2 aromatic heterocycles. The molecule has 0 aliphatic heterocycles. The summed E-state index contributed by atoms with van der Waals surface area (Å²) in [7, 11) is 0. The topological polar surface area (TPSA) is 38.1 Å². The summed E-state index contributed by atoms with van der Waals surface area (Å²) >= 11 is 4.79. The third-order valence-electron chi connectivity index (χ3n) is 1.41. The van der Waals surface area contributed by atoms with Crippen LogP contribution in [0.5, 0.6) is 5.75 Å². The van der Waals surface area contributed by atoms with E-state index in [1.807, 2.05) is 17.5 Å². The highest BCUT2D eigenvalue weighted by molar-refractivity contribution is 9.10. The van der Waals surface area contributed by atoms with Crippen molar-refractivity contribution in [2.24, 2.45) is 0 Å². The molecule has 0 atom stereocenters. The highest BCUT2D eigenvalue weighted by Crippen LogP contribution is 2.27. The summed E-state index contributed by atoms with van der Waals surface area (Å²) in [5, 5.41) is 16.1. The van der Waals surface area contributed by atoms with Gasteiger partial charge in [-0.25, -0.2) is 4.68 Å². The lowest BCUT2D eigenvalue weighted by Crippen LogP contribution is -1.91. The molecule has 0 fully saturated rings. The van der Waals surface area contributed by atoms with Crippen LogP contribution >= 0.6 is 27.3 Å². The van der Waals surface area contributed by atoms with E-state index in [2.05, 4.69) is 21.0 Å². The molecule has 0 amide bonds. The van der Waals surface area contributed by atoms with Gasteiger partial charge >= 0.3 is 0 Å². The molecule has 0 aliphatic carbocycles. The zero-order valence-corrected chi connectivity index (χ0v) is 8.34. The Bertz CT molecular complexity index is 382. The van der Waals surface area contributed by atoms with Gasteiger partial charge in [0.1, 0.15) is 5.00 Å². The standard InChI is InChI=1S/C7H5BrN2OS/c8-7-5(11)4-9-10(7)6-2-1-3-12-6/h1-4,11H. The van der Waals surface area contributed by atoms with E-state index in [0.717, 1.165) is 5.00 Å². The van der Waals surface area contributed by atoms with E-state index >= 15 is 0 Å². The minimum absolute atomic E-state index is 0.156. The van der Waals surface area contributed by atoms with Gasteiger partial charge in [-0.05, 0) is 33.4 Å². The Morgan fingerprint density at radius 3 is 2.92 bits per heavy atom. The normalized spacial score (nSPS) is 10.4. The van der Waals surface area contributed by atoms with Crippen LogP contribution < -0.4 is 0 Å². The molecule has 0 unspecified atom stereocenters. The second-order valence-electron chi connectivity index (χ2n) is 2.18. The molecule has 5 heteroatoms. The van der Waals surface area contributed by atoms with Gasteiger partial charge in [0.05, 0.1) is 6.20 Å². The van der Waals surface area contributed by atoms with Crippen LogP contribution in [0.2, 0.25) is 0 Å². The largest absolute Gasteiger partial charge is 0.504 e. The first-order chi connectivity index (χ1) is 5.79. The summed E-state index contributed by atoms with van der Waals surface area (Å²) < 4.78 is 2.23. The molecule has 0 aromatic carbocycles. The molecule has 0 aliphatic rings. The van der Waals surface area contributed by atoms with Crippen molar-refractivity contribution in [3.05, 3.63) is 28.3 Å². The van der Waals surface area contributed by atoms with Crippen LogP contribution in [-0.2, 0) is 0 Å². The fourth-order valence-corrected chi connectivity index (χ4v) is 2.06. The molecule has 2 heterocycles. The van der Waals surface area contributed by atoms with Crippen molar-refractivity contribution < 1.29 is 5.11 Å². The Balaban J connectivity index is 2.55. The van der Waals surface area contributed by atoms with Crippen LogP contribution in [0.25, 0.3) is 5.00 Å². The van der Waals surface area contributed by atoms with E-state index in [9.17, 15) is 5.11 Å². The van der Waals surface area contributed by atoms with Crippen LogP contribution in [0.15, 0.2) is 28.3 Å². The Morgan fingerprint density at radius 1 is 1.58 bits per heavy atom. The fourth-order valence-electron chi connectivity index (χ4n) is 0.869. The van der Waals surface area contributed by atoms with Gasteiger partial charge in [-0.3, -0.25) is 0 Å². The Labute approximate surface area is 81.4 Å². The molecule has 0 bridgehead atoms. The third-order valence-corrected chi connectivity index (χ3v) is 2.99. The molecule has 0 saturated carbocycles. The summed E-state index contributed by atoms with van der Waals surface area (Å²) in [5.41, 5.74) is 0. The van der Waals surface area contributed by atoms with Crippen LogP contribution in [0.4, 0.5) is 0 Å². The molecular weight excluding hydrogens is 240 g/mol. The van der Waals surface area contributed by atoms with Crippen LogP contribution in [0.3, 0.4) is 0 Å². The highest BCUT2D eigenvalue weighted by Gasteiger charge is 2.07. The van der Waals surface area contributed by atoms with E-state index in [4.69, 9.17) is 0 Å². The molecule has 0 saturated heterocycles. The zero-order chi connectivity index (χ0) is 8.55. The second kappa shape index (κ2) is 2.91. The summed E-state index contributed by atoms with van der Waals surface area (Å²) in [5.74, 6) is 0.156. The predicted molar refractivity (Wildman–Crippen MR) is 50.8 cm³/mol. The van der Waals surface area contributed by atoms with Crippen molar-refractivity contribution in [1.29, 1.82) is 0 Å². The van der Waals surface area contributed by atoms with Gasteiger partial charge < -0.3 is 5.11 Å². The van der Waals surface area contributed by atoms with Crippen molar-refractivity contribution >= 4 is 27.3 Å². The van der Waals surface area contributed by atoms with Gasteiger partial charge in [-0.15, -0.1) is 11.3 Å². The highest BCUT2D eigenvalue weighted by atomic mass is 79.9. The summed E-state index contributed by atoms with van der Waals surface area (Å²) in [6, 6.07) is 3.87. The van der Waals surface area contributed by atoms with Crippen molar-refractivity contribution in [1.82, 2.24) is 9.78 Å². The maximum Gasteiger partial charge on any atom is 0.168 e. The number of aromatic nitrogens is 2. The van der Waals surface area contributed by atoms with Crippen molar-refractivity contribution in [3.63, 3.8) is 0 Å². The molecule has 1 N–H and O–H groups in total. The molecule has 2 rings (SSSR count). The Kier molecular flexibility index (Phi) is 1.90. The molecule has 0 radical (unpaired) electrons. The van der Waals surface area contributed by atoms with Crippen molar-refractivity contribution in [2.75, 3.05) is 0 Å². The molecule has 12 heavy (non-hydrogen) atoms. The number of nitrogens with zero attached hydrogens (tertiary/aromatic N) is 2. The first-order valence-electron chi connectivity index (χ1n) is 3.25. The van der Waals surface area contributed by atoms with Gasteiger partial charge in [-0.2, -0.15) is 5.10 Å². The number of hydrogen-bond donors (Lipinski definition) is 1. The maximum absolute atomic E-state index is 9.21. The maximum atomic E-state index is 9.21. The average molecular weight is 245 g/mol. The van der Waals surface area contributed by atoms with Crippen LogP contribution in [0, 0.1) is 0 Å². The number of rotatable bonds is 1. The van der Waals surface area contributed by atoms with Gasteiger partial charge in [-0.1, -0.05) is 0 Å². The van der Waals surface area contributed by atoms with E-state index < -0.39 is 0 Å². The van der Waals surface area contributed by atoms with E-state index in [0.29, 0.717) is 4.60 Å². The molecule has 3 nitrogen and oxygen atoms in total. The molecule has 2 aromatic rings. The van der Waals surface area contributed by atoms with Crippen LogP contribution in [0.1, 0.15) is 0 Å². The molecule has 62 valence electrons. The quantitative estimate of drug-likeness (QED) is 0.837. The molecule has 0 spiro atoms. The minimum Gasteiger partial charge on any atom is -0.504 e. The van der Waals surface area contributed by atoms with Crippen molar-refractivity contribution in [2.45, 2.75) is 0 Å². The van der Waals surface area contributed by atoms with Gasteiger partial charge in [0.25, 0.3) is 0 Å². The monoisotopic (exact) mass is 244 g/mol. The lowest BCUT2D eigenvalue weighted by molar-refractivity contribution is 0.471.